The van der Waals surface area contributed by atoms with Gasteiger partial charge in [0.1, 0.15) is 13.5 Å². The average Bonchev–Trinajstić information content (AvgIpc) is 2.08. The summed E-state index contributed by atoms with van der Waals surface area (Å²) in [5.74, 6) is -0.788. The molecule has 0 aliphatic rings. The van der Waals surface area contributed by atoms with E-state index in [9.17, 15) is 4.79 Å². The number of carbonyl (C=O) groups is 1. The molecule has 0 atom stereocenters. The summed E-state index contributed by atoms with van der Waals surface area (Å²) in [6.07, 6.45) is 2.93. The zero-order valence-electron chi connectivity index (χ0n) is 7.95. The minimum Gasteiger partial charge on any atom is -0.481 e. The third-order valence-electron chi connectivity index (χ3n) is 2.06. The fourth-order valence-corrected chi connectivity index (χ4v) is 1.22. The van der Waals surface area contributed by atoms with Crippen molar-refractivity contribution in [3.63, 3.8) is 0 Å². The zero-order chi connectivity index (χ0) is 9.84. The van der Waals surface area contributed by atoms with Gasteiger partial charge in [-0.15, -0.1) is 0 Å². The lowest BCUT2D eigenvalue weighted by atomic mass is 10.1. The van der Waals surface area contributed by atoms with E-state index in [1.807, 2.05) is 29.9 Å². The van der Waals surface area contributed by atoms with Crippen LogP contribution in [0, 0.1) is 0 Å². The van der Waals surface area contributed by atoms with Gasteiger partial charge in [0, 0.05) is 12.1 Å². The predicted molar refractivity (Wildman–Crippen MR) is 48.3 cm³/mol. The molecule has 3 nitrogen and oxygen atoms in total. The van der Waals surface area contributed by atoms with E-state index in [4.69, 9.17) is 5.11 Å². The minimum absolute atomic E-state index is 0.0876. The second kappa shape index (κ2) is 4.03. The molecule has 13 heavy (non-hydrogen) atoms. The van der Waals surface area contributed by atoms with Crippen LogP contribution in [-0.4, -0.2) is 11.1 Å². The Morgan fingerprint density at radius 2 is 2.31 bits per heavy atom. The van der Waals surface area contributed by atoms with Gasteiger partial charge in [-0.25, -0.2) is 4.57 Å². The van der Waals surface area contributed by atoms with E-state index in [2.05, 4.69) is 6.92 Å². The maximum atomic E-state index is 10.5. The summed E-state index contributed by atoms with van der Waals surface area (Å²) >= 11 is 0. The second-order valence-corrected chi connectivity index (χ2v) is 3.06. The molecule has 0 bridgehead atoms. The van der Waals surface area contributed by atoms with Gasteiger partial charge in [-0.3, -0.25) is 4.79 Å². The lowest BCUT2D eigenvalue weighted by Gasteiger charge is -1.99. The van der Waals surface area contributed by atoms with Crippen molar-refractivity contribution in [2.45, 2.75) is 19.8 Å². The largest absolute Gasteiger partial charge is 0.481 e. The van der Waals surface area contributed by atoms with Crippen molar-refractivity contribution in [2.75, 3.05) is 0 Å². The molecule has 0 aliphatic heterocycles. The van der Waals surface area contributed by atoms with Crippen LogP contribution in [-0.2, 0) is 24.7 Å². The molecule has 3 heteroatoms. The van der Waals surface area contributed by atoms with Crippen LogP contribution in [0.25, 0.3) is 0 Å². The van der Waals surface area contributed by atoms with Gasteiger partial charge >= 0.3 is 5.97 Å². The molecule has 0 saturated carbocycles. The highest BCUT2D eigenvalue weighted by Gasteiger charge is 2.10. The van der Waals surface area contributed by atoms with Gasteiger partial charge in [-0.1, -0.05) is 6.92 Å². The van der Waals surface area contributed by atoms with Gasteiger partial charge in [0.05, 0.1) is 0 Å². The SMILES string of the molecule is CCc1cc[n+](C)c(CC(=O)O)c1. The molecule has 70 valence electrons. The van der Waals surface area contributed by atoms with Crippen LogP contribution in [0.4, 0.5) is 0 Å². The quantitative estimate of drug-likeness (QED) is 0.696. The molecule has 1 heterocycles. The molecule has 1 aromatic heterocycles. The third-order valence-corrected chi connectivity index (χ3v) is 2.06. The van der Waals surface area contributed by atoms with Crippen LogP contribution in [0.1, 0.15) is 18.2 Å². The summed E-state index contributed by atoms with van der Waals surface area (Å²) in [7, 11) is 1.86. The first kappa shape index (κ1) is 9.71. The van der Waals surface area contributed by atoms with E-state index in [0.29, 0.717) is 0 Å². The summed E-state index contributed by atoms with van der Waals surface area (Å²) in [5.41, 5.74) is 2.02. The second-order valence-electron chi connectivity index (χ2n) is 3.06. The van der Waals surface area contributed by atoms with Crippen LogP contribution < -0.4 is 4.57 Å². The van der Waals surface area contributed by atoms with Gasteiger partial charge in [-0.2, -0.15) is 0 Å². The lowest BCUT2D eigenvalue weighted by molar-refractivity contribution is -0.678. The number of aliphatic carboxylic acids is 1. The topological polar surface area (TPSA) is 41.2 Å². The molecule has 0 amide bonds. The summed E-state index contributed by atoms with van der Waals surface area (Å²) in [5, 5.41) is 8.64. The Balaban J connectivity index is 2.96. The maximum absolute atomic E-state index is 10.5. The smallest absolute Gasteiger partial charge is 0.314 e. The highest BCUT2D eigenvalue weighted by atomic mass is 16.4. The van der Waals surface area contributed by atoms with Gasteiger partial charge < -0.3 is 5.11 Å². The fraction of sp³-hybridized carbons (Fsp3) is 0.400. The van der Waals surface area contributed by atoms with E-state index in [-0.39, 0.29) is 6.42 Å². The normalized spacial score (nSPS) is 10.0. The Hall–Kier alpha value is -1.38. The van der Waals surface area contributed by atoms with Crippen LogP contribution in [0.5, 0.6) is 0 Å². The average molecular weight is 180 g/mol. The van der Waals surface area contributed by atoms with Crippen molar-refractivity contribution in [2.24, 2.45) is 7.05 Å². The Morgan fingerprint density at radius 1 is 1.62 bits per heavy atom. The number of aryl methyl sites for hydroxylation is 2. The van der Waals surface area contributed by atoms with Gasteiger partial charge in [0.25, 0.3) is 0 Å². The Labute approximate surface area is 77.6 Å². The van der Waals surface area contributed by atoms with Crippen molar-refractivity contribution < 1.29 is 14.5 Å². The van der Waals surface area contributed by atoms with Crippen molar-refractivity contribution >= 4 is 5.97 Å². The molecular weight excluding hydrogens is 166 g/mol. The Bertz CT molecular complexity index is 321. The van der Waals surface area contributed by atoms with Gasteiger partial charge in [-0.05, 0) is 12.0 Å². The minimum atomic E-state index is -0.788. The summed E-state index contributed by atoms with van der Waals surface area (Å²) < 4.78 is 1.84. The lowest BCUT2D eigenvalue weighted by Crippen LogP contribution is -2.34. The molecular formula is C10H14NO2+. The van der Waals surface area contributed by atoms with Crippen molar-refractivity contribution in [1.29, 1.82) is 0 Å². The van der Waals surface area contributed by atoms with E-state index in [1.165, 1.54) is 5.56 Å². The number of hydrogen-bond acceptors (Lipinski definition) is 1. The van der Waals surface area contributed by atoms with E-state index >= 15 is 0 Å². The molecule has 0 radical (unpaired) electrons. The summed E-state index contributed by atoms with van der Waals surface area (Å²) in [6, 6.07) is 3.94. The summed E-state index contributed by atoms with van der Waals surface area (Å²) in [6.45, 7) is 2.06. The first-order valence-electron chi connectivity index (χ1n) is 4.32. The molecule has 0 saturated heterocycles. The van der Waals surface area contributed by atoms with E-state index in [1.54, 1.807) is 0 Å². The molecule has 0 fully saturated rings. The monoisotopic (exact) mass is 180 g/mol. The number of carboxylic acids is 1. The number of pyridine rings is 1. The number of carboxylic acid groups (broad SMARTS) is 1. The first-order valence-corrected chi connectivity index (χ1v) is 4.32. The van der Waals surface area contributed by atoms with Crippen LogP contribution >= 0.6 is 0 Å². The Morgan fingerprint density at radius 3 is 2.85 bits per heavy atom. The van der Waals surface area contributed by atoms with Crippen LogP contribution in [0.3, 0.4) is 0 Å². The van der Waals surface area contributed by atoms with Crippen molar-refractivity contribution in [3.8, 4) is 0 Å². The molecule has 1 N–H and O–H groups in total. The van der Waals surface area contributed by atoms with Crippen molar-refractivity contribution in [1.82, 2.24) is 0 Å². The standard InChI is InChI=1S/C10H13NO2/c1-3-8-4-5-11(2)9(6-8)7-10(12)13/h4-6H,3,7H2,1-2H3/p+1. The third kappa shape index (κ3) is 2.54. The molecule has 1 aromatic rings. The number of rotatable bonds is 3. The molecule has 0 spiro atoms. The van der Waals surface area contributed by atoms with Crippen molar-refractivity contribution in [3.05, 3.63) is 29.6 Å². The fourth-order valence-electron chi connectivity index (χ4n) is 1.22. The molecule has 0 aliphatic carbocycles. The van der Waals surface area contributed by atoms with Crippen LogP contribution in [0.15, 0.2) is 18.3 Å². The van der Waals surface area contributed by atoms with E-state index < -0.39 is 5.97 Å². The maximum Gasteiger partial charge on any atom is 0.314 e. The van der Waals surface area contributed by atoms with Gasteiger partial charge in [0.2, 0.25) is 0 Å². The number of nitrogens with zero attached hydrogens (tertiary/aromatic N) is 1. The molecule has 0 unspecified atom stereocenters. The van der Waals surface area contributed by atoms with Gasteiger partial charge in [0.15, 0.2) is 11.9 Å². The highest BCUT2D eigenvalue weighted by molar-refractivity contribution is 5.69. The molecule has 0 aromatic carbocycles. The first-order chi connectivity index (χ1) is 6.13. The number of hydrogen-bond donors (Lipinski definition) is 1. The number of aromatic nitrogens is 1. The Kier molecular flexibility index (Phi) is 3.01. The van der Waals surface area contributed by atoms with E-state index in [0.717, 1.165) is 12.1 Å². The summed E-state index contributed by atoms with van der Waals surface area (Å²) in [4.78, 5) is 10.5. The zero-order valence-corrected chi connectivity index (χ0v) is 7.95. The predicted octanol–water partition coefficient (Wildman–Crippen LogP) is 0.701. The highest BCUT2D eigenvalue weighted by Crippen LogP contribution is 2.01. The molecule has 1 rings (SSSR count). The van der Waals surface area contributed by atoms with Crippen LogP contribution in [0.2, 0.25) is 0 Å².